The molecule has 0 bridgehead atoms. The van der Waals surface area contributed by atoms with Crippen LogP contribution in [0, 0.1) is 0 Å². The summed E-state index contributed by atoms with van der Waals surface area (Å²) in [5, 5.41) is 0. The molecule has 14 heavy (non-hydrogen) atoms. The number of nitrogens with two attached hydrogens (primary N) is 1. The summed E-state index contributed by atoms with van der Waals surface area (Å²) in [6.07, 6.45) is -3.78. The number of rotatable bonds is 3. The van der Waals surface area contributed by atoms with Gasteiger partial charge in [-0.25, -0.2) is 0 Å². The Morgan fingerprint density at radius 2 is 2.07 bits per heavy atom. The summed E-state index contributed by atoms with van der Waals surface area (Å²) in [6.45, 7) is 0. The van der Waals surface area contributed by atoms with Crippen LogP contribution in [0.2, 0.25) is 0 Å². The van der Waals surface area contributed by atoms with E-state index in [1.807, 2.05) is 0 Å². The zero-order valence-corrected chi connectivity index (χ0v) is 8.07. The summed E-state index contributed by atoms with van der Waals surface area (Å²) in [4.78, 5) is 0. The first-order chi connectivity index (χ1) is 5.99. The third-order valence-electron chi connectivity index (χ3n) is 1.65. The van der Waals surface area contributed by atoms with E-state index in [4.69, 9.17) is 10.2 Å². The van der Waals surface area contributed by atoms with Crippen LogP contribution >= 0.6 is 12.4 Å². The molecule has 0 aliphatic rings. The number of hydrogen-bond donors (Lipinski definition) is 1. The Hall–Kier alpha value is -0.680. The molecule has 0 aliphatic carbocycles. The summed E-state index contributed by atoms with van der Waals surface area (Å²) in [5.74, 6) is 0.393. The monoisotopic (exact) mass is 229 g/mol. The lowest BCUT2D eigenvalue weighted by Gasteiger charge is -2.10. The number of alkyl halides is 3. The molecule has 1 rings (SSSR count). The van der Waals surface area contributed by atoms with Gasteiger partial charge in [-0.05, 0) is 18.6 Å². The summed E-state index contributed by atoms with van der Waals surface area (Å²) >= 11 is 0. The Morgan fingerprint density at radius 3 is 2.50 bits per heavy atom. The Morgan fingerprint density at radius 1 is 1.43 bits per heavy atom. The molecule has 0 saturated heterocycles. The Labute approximate surface area is 85.7 Å². The van der Waals surface area contributed by atoms with Crippen molar-refractivity contribution in [2.45, 2.75) is 25.1 Å². The third-order valence-corrected chi connectivity index (χ3v) is 1.65. The van der Waals surface area contributed by atoms with Crippen LogP contribution in [0.5, 0.6) is 0 Å². The van der Waals surface area contributed by atoms with Gasteiger partial charge >= 0.3 is 6.18 Å². The van der Waals surface area contributed by atoms with E-state index in [0.717, 1.165) is 0 Å². The van der Waals surface area contributed by atoms with Crippen LogP contribution in [0.25, 0.3) is 0 Å². The first-order valence-electron chi connectivity index (χ1n) is 3.85. The maximum atomic E-state index is 11.8. The molecule has 1 aromatic heterocycles. The van der Waals surface area contributed by atoms with Gasteiger partial charge in [-0.15, -0.1) is 12.4 Å². The quantitative estimate of drug-likeness (QED) is 0.865. The van der Waals surface area contributed by atoms with Gasteiger partial charge in [0.2, 0.25) is 0 Å². The van der Waals surface area contributed by atoms with E-state index in [2.05, 4.69) is 0 Å². The van der Waals surface area contributed by atoms with Gasteiger partial charge in [0.15, 0.2) is 0 Å². The predicted molar refractivity (Wildman–Crippen MR) is 48.2 cm³/mol. The fourth-order valence-electron chi connectivity index (χ4n) is 0.964. The number of furan rings is 1. The second-order valence-electron chi connectivity index (χ2n) is 2.78. The van der Waals surface area contributed by atoms with E-state index in [0.29, 0.717) is 5.76 Å². The number of hydrogen-bond acceptors (Lipinski definition) is 2. The minimum absolute atomic E-state index is 0. The van der Waals surface area contributed by atoms with Gasteiger partial charge < -0.3 is 10.2 Å². The Balaban J connectivity index is 0.00000169. The van der Waals surface area contributed by atoms with Gasteiger partial charge in [-0.2, -0.15) is 13.2 Å². The zero-order chi connectivity index (χ0) is 9.90. The normalized spacial score (nSPS) is 13.4. The lowest BCUT2D eigenvalue weighted by atomic mass is 10.1. The average molecular weight is 230 g/mol. The molecule has 0 saturated carbocycles. The molecular weight excluding hydrogens is 219 g/mol. The molecule has 0 spiro atoms. The van der Waals surface area contributed by atoms with Crippen molar-refractivity contribution in [1.82, 2.24) is 0 Å². The second-order valence-corrected chi connectivity index (χ2v) is 2.78. The molecule has 1 atom stereocenters. The van der Waals surface area contributed by atoms with E-state index >= 15 is 0 Å². The lowest BCUT2D eigenvalue weighted by molar-refractivity contribution is -0.136. The van der Waals surface area contributed by atoms with Crippen LogP contribution < -0.4 is 5.73 Å². The van der Waals surface area contributed by atoms with Crippen molar-refractivity contribution in [3.8, 4) is 0 Å². The van der Waals surface area contributed by atoms with Gasteiger partial charge in [0.1, 0.15) is 5.76 Å². The maximum absolute atomic E-state index is 11.8. The van der Waals surface area contributed by atoms with E-state index in [1.54, 1.807) is 12.1 Å². The Kier molecular flexibility index (Phi) is 5.01. The standard InChI is InChI=1S/C8H10F3NO.ClH/c9-8(10,11)4-3-6(12)7-2-1-5-13-7;/h1-2,5-6H,3-4,12H2;1H/t6-;/m0./s1. The molecule has 0 aliphatic heterocycles. The first-order valence-corrected chi connectivity index (χ1v) is 3.85. The topological polar surface area (TPSA) is 39.2 Å². The SMILES string of the molecule is Cl.N[C@@H](CCC(F)(F)F)c1ccco1. The molecule has 82 valence electrons. The number of halogens is 4. The fourth-order valence-corrected chi connectivity index (χ4v) is 0.964. The molecular formula is C8H11ClF3NO. The average Bonchev–Trinajstić information content (AvgIpc) is 2.50. The minimum Gasteiger partial charge on any atom is -0.468 e. The van der Waals surface area contributed by atoms with Crippen LogP contribution in [-0.2, 0) is 0 Å². The van der Waals surface area contributed by atoms with Crippen LogP contribution in [0.3, 0.4) is 0 Å². The van der Waals surface area contributed by atoms with Gasteiger partial charge in [0, 0.05) is 6.42 Å². The van der Waals surface area contributed by atoms with E-state index in [-0.39, 0.29) is 18.8 Å². The van der Waals surface area contributed by atoms with Crippen molar-refractivity contribution >= 4 is 12.4 Å². The largest absolute Gasteiger partial charge is 0.468 e. The molecule has 1 aromatic rings. The molecule has 0 fully saturated rings. The van der Waals surface area contributed by atoms with Crippen LogP contribution in [-0.4, -0.2) is 6.18 Å². The van der Waals surface area contributed by atoms with E-state index in [1.165, 1.54) is 6.26 Å². The zero-order valence-electron chi connectivity index (χ0n) is 7.25. The van der Waals surface area contributed by atoms with Crippen LogP contribution in [0.1, 0.15) is 24.6 Å². The second kappa shape index (κ2) is 5.26. The molecule has 1 heterocycles. The lowest BCUT2D eigenvalue weighted by Crippen LogP contribution is -2.15. The highest BCUT2D eigenvalue weighted by Crippen LogP contribution is 2.26. The molecule has 0 radical (unpaired) electrons. The first kappa shape index (κ1) is 13.3. The maximum Gasteiger partial charge on any atom is 0.389 e. The van der Waals surface area contributed by atoms with Crippen molar-refractivity contribution in [2.24, 2.45) is 5.73 Å². The highest BCUT2D eigenvalue weighted by atomic mass is 35.5. The van der Waals surface area contributed by atoms with Crippen molar-refractivity contribution in [3.63, 3.8) is 0 Å². The summed E-state index contributed by atoms with van der Waals surface area (Å²) in [6, 6.07) is 2.50. The van der Waals surface area contributed by atoms with Crippen molar-refractivity contribution in [1.29, 1.82) is 0 Å². The van der Waals surface area contributed by atoms with E-state index in [9.17, 15) is 13.2 Å². The van der Waals surface area contributed by atoms with Gasteiger partial charge in [0.05, 0.1) is 12.3 Å². The van der Waals surface area contributed by atoms with Crippen LogP contribution in [0.4, 0.5) is 13.2 Å². The molecule has 6 heteroatoms. The fraction of sp³-hybridized carbons (Fsp3) is 0.500. The van der Waals surface area contributed by atoms with Gasteiger partial charge in [0.25, 0.3) is 0 Å². The minimum atomic E-state index is -4.15. The molecule has 0 aromatic carbocycles. The smallest absolute Gasteiger partial charge is 0.389 e. The molecule has 2 nitrogen and oxygen atoms in total. The Bertz CT molecular complexity index is 248. The molecule has 0 unspecified atom stereocenters. The third kappa shape index (κ3) is 4.53. The van der Waals surface area contributed by atoms with Gasteiger partial charge in [-0.3, -0.25) is 0 Å². The van der Waals surface area contributed by atoms with Crippen molar-refractivity contribution in [3.05, 3.63) is 24.2 Å². The predicted octanol–water partition coefficient (Wildman–Crippen LogP) is 3.04. The molecule has 0 amide bonds. The van der Waals surface area contributed by atoms with Crippen molar-refractivity contribution in [2.75, 3.05) is 0 Å². The summed E-state index contributed by atoms with van der Waals surface area (Å²) in [7, 11) is 0. The van der Waals surface area contributed by atoms with Crippen LogP contribution in [0.15, 0.2) is 22.8 Å². The van der Waals surface area contributed by atoms with Crippen molar-refractivity contribution < 1.29 is 17.6 Å². The highest BCUT2D eigenvalue weighted by molar-refractivity contribution is 5.85. The summed E-state index contributed by atoms with van der Waals surface area (Å²) in [5.41, 5.74) is 5.45. The highest BCUT2D eigenvalue weighted by Gasteiger charge is 2.28. The van der Waals surface area contributed by atoms with Gasteiger partial charge in [-0.1, -0.05) is 0 Å². The summed E-state index contributed by atoms with van der Waals surface area (Å²) < 4.78 is 40.2. The molecule has 2 N–H and O–H groups in total. The van der Waals surface area contributed by atoms with E-state index < -0.39 is 18.6 Å².